The summed E-state index contributed by atoms with van der Waals surface area (Å²) in [7, 11) is 3.37. The highest BCUT2D eigenvalue weighted by Gasteiger charge is 2.13. The highest BCUT2D eigenvalue weighted by atomic mass is 19.1. The summed E-state index contributed by atoms with van der Waals surface area (Å²) in [5.74, 6) is 0.855. The van der Waals surface area contributed by atoms with Gasteiger partial charge in [-0.05, 0) is 18.2 Å². The number of hydrogen-bond acceptors (Lipinski definition) is 3. The van der Waals surface area contributed by atoms with Crippen LogP contribution in [0.4, 0.5) is 4.39 Å². The number of rotatable bonds is 4. The number of aliphatic hydroxyl groups is 1. The summed E-state index contributed by atoms with van der Waals surface area (Å²) < 4.78 is 20.4. The molecule has 0 atom stereocenters. The third-order valence-corrected chi connectivity index (χ3v) is 2.85. The van der Waals surface area contributed by atoms with Crippen molar-refractivity contribution in [1.29, 1.82) is 0 Å². The molecule has 18 heavy (non-hydrogen) atoms. The van der Waals surface area contributed by atoms with Crippen LogP contribution in [0.1, 0.15) is 5.69 Å². The number of benzene rings is 1. The van der Waals surface area contributed by atoms with E-state index in [9.17, 15) is 4.39 Å². The van der Waals surface area contributed by atoms with E-state index in [1.165, 1.54) is 19.2 Å². The lowest BCUT2D eigenvalue weighted by Gasteiger charge is -2.09. The summed E-state index contributed by atoms with van der Waals surface area (Å²) in [6.45, 7) is 0.0548. The lowest BCUT2D eigenvalue weighted by Crippen LogP contribution is -2.02. The molecule has 1 aromatic carbocycles. The summed E-state index contributed by atoms with van der Waals surface area (Å²) in [6.07, 6.45) is 2.19. The quantitative estimate of drug-likeness (QED) is 0.899. The zero-order valence-electron chi connectivity index (χ0n) is 10.4. The van der Waals surface area contributed by atoms with Gasteiger partial charge in [-0.1, -0.05) is 0 Å². The molecule has 5 heteroatoms. The number of nitrogens with zero attached hydrogens (tertiary/aromatic N) is 2. The lowest BCUT2D eigenvalue weighted by molar-refractivity contribution is 0.297. The minimum absolute atomic E-state index is 0.0548. The molecular weight excluding hydrogens is 235 g/mol. The average molecular weight is 250 g/mol. The largest absolute Gasteiger partial charge is 0.496 e. The normalized spacial score (nSPS) is 10.7. The Morgan fingerprint density at radius 3 is 2.89 bits per heavy atom. The molecule has 2 aromatic rings. The second-order valence-electron chi connectivity index (χ2n) is 3.95. The number of hydrogen-bond donors (Lipinski definition) is 1. The SMILES string of the molecule is COc1ccc(F)cc1-c1ncc(CCO)n1C. The fraction of sp³-hybridized carbons (Fsp3) is 0.308. The fourth-order valence-electron chi connectivity index (χ4n) is 1.90. The number of imidazole rings is 1. The van der Waals surface area contributed by atoms with E-state index in [2.05, 4.69) is 4.98 Å². The highest BCUT2D eigenvalue weighted by molar-refractivity contribution is 5.65. The summed E-state index contributed by atoms with van der Waals surface area (Å²) in [6, 6.07) is 4.31. The third-order valence-electron chi connectivity index (χ3n) is 2.85. The van der Waals surface area contributed by atoms with Crippen molar-refractivity contribution in [3.63, 3.8) is 0 Å². The van der Waals surface area contributed by atoms with Crippen molar-refractivity contribution in [3.8, 4) is 17.1 Å². The molecule has 96 valence electrons. The molecule has 2 rings (SSSR count). The summed E-state index contributed by atoms with van der Waals surface area (Å²) in [5.41, 5.74) is 1.49. The number of halogens is 1. The zero-order valence-corrected chi connectivity index (χ0v) is 10.4. The molecule has 0 aliphatic heterocycles. The van der Waals surface area contributed by atoms with Crippen LogP contribution in [0.25, 0.3) is 11.4 Å². The zero-order chi connectivity index (χ0) is 13.1. The second-order valence-corrected chi connectivity index (χ2v) is 3.95. The Labute approximate surface area is 105 Å². The van der Waals surface area contributed by atoms with Gasteiger partial charge in [0.25, 0.3) is 0 Å². The highest BCUT2D eigenvalue weighted by Crippen LogP contribution is 2.29. The van der Waals surface area contributed by atoms with Crippen LogP contribution in [0.3, 0.4) is 0 Å². The molecule has 0 saturated carbocycles. The van der Waals surface area contributed by atoms with Gasteiger partial charge in [0.1, 0.15) is 17.4 Å². The van der Waals surface area contributed by atoms with Crippen LogP contribution in [0.15, 0.2) is 24.4 Å². The van der Waals surface area contributed by atoms with E-state index < -0.39 is 0 Å². The molecule has 0 spiro atoms. The maximum atomic E-state index is 13.3. The first kappa shape index (κ1) is 12.6. The molecule has 1 aromatic heterocycles. The smallest absolute Gasteiger partial charge is 0.143 e. The van der Waals surface area contributed by atoms with Crippen LogP contribution >= 0.6 is 0 Å². The molecule has 4 nitrogen and oxygen atoms in total. The van der Waals surface area contributed by atoms with E-state index in [1.807, 2.05) is 11.6 Å². The van der Waals surface area contributed by atoms with Crippen LogP contribution in [0.2, 0.25) is 0 Å². The van der Waals surface area contributed by atoms with Gasteiger partial charge < -0.3 is 14.4 Å². The molecule has 1 N–H and O–H groups in total. The van der Waals surface area contributed by atoms with Crippen molar-refractivity contribution in [1.82, 2.24) is 9.55 Å². The Balaban J connectivity index is 2.51. The third kappa shape index (κ3) is 2.22. The Hall–Kier alpha value is -1.88. The Morgan fingerprint density at radius 2 is 2.22 bits per heavy atom. The number of aliphatic hydroxyl groups excluding tert-OH is 1. The first-order valence-corrected chi connectivity index (χ1v) is 5.62. The topological polar surface area (TPSA) is 47.3 Å². The van der Waals surface area contributed by atoms with E-state index in [0.29, 0.717) is 23.6 Å². The maximum Gasteiger partial charge on any atom is 0.143 e. The van der Waals surface area contributed by atoms with Crippen LogP contribution in [-0.2, 0) is 13.5 Å². The predicted octanol–water partition coefficient (Wildman–Crippen LogP) is 1.77. The van der Waals surface area contributed by atoms with Gasteiger partial charge in [-0.2, -0.15) is 0 Å². The van der Waals surface area contributed by atoms with Gasteiger partial charge in [-0.15, -0.1) is 0 Å². The molecule has 1 heterocycles. The van der Waals surface area contributed by atoms with Crippen LogP contribution in [0.5, 0.6) is 5.75 Å². The number of aromatic nitrogens is 2. The van der Waals surface area contributed by atoms with Gasteiger partial charge in [0, 0.05) is 32.0 Å². The number of ether oxygens (including phenoxy) is 1. The molecule has 0 saturated heterocycles. The molecular formula is C13H15FN2O2. The maximum absolute atomic E-state index is 13.3. The molecule has 0 bridgehead atoms. The van der Waals surface area contributed by atoms with Gasteiger partial charge >= 0.3 is 0 Å². The van der Waals surface area contributed by atoms with Crippen LogP contribution in [0, 0.1) is 5.82 Å². The molecule has 0 unspecified atom stereocenters. The minimum atomic E-state index is -0.336. The van der Waals surface area contributed by atoms with Gasteiger partial charge in [-0.3, -0.25) is 0 Å². The fourth-order valence-corrected chi connectivity index (χ4v) is 1.90. The van der Waals surface area contributed by atoms with Crippen LogP contribution in [-0.4, -0.2) is 28.4 Å². The molecule has 0 aliphatic rings. The van der Waals surface area contributed by atoms with Gasteiger partial charge in [0.15, 0.2) is 0 Å². The standard InChI is InChI=1S/C13H15FN2O2/c1-16-10(5-6-17)8-15-13(16)11-7-9(14)3-4-12(11)18-2/h3-4,7-8,17H,5-6H2,1-2H3. The Kier molecular flexibility index (Phi) is 3.62. The molecule has 0 aliphatic carbocycles. The van der Waals surface area contributed by atoms with Crippen molar-refractivity contribution in [3.05, 3.63) is 35.9 Å². The second kappa shape index (κ2) is 5.18. The Morgan fingerprint density at radius 1 is 1.44 bits per heavy atom. The van der Waals surface area contributed by atoms with Crippen molar-refractivity contribution in [2.24, 2.45) is 7.05 Å². The Bertz CT molecular complexity index is 552. The molecule has 0 radical (unpaired) electrons. The molecule has 0 amide bonds. The summed E-state index contributed by atoms with van der Waals surface area (Å²) in [5, 5.41) is 8.94. The van der Waals surface area contributed by atoms with E-state index in [1.54, 1.807) is 12.3 Å². The predicted molar refractivity (Wildman–Crippen MR) is 65.9 cm³/mol. The molecule has 0 fully saturated rings. The summed E-state index contributed by atoms with van der Waals surface area (Å²) >= 11 is 0. The van der Waals surface area contributed by atoms with Gasteiger partial charge in [-0.25, -0.2) is 9.37 Å². The lowest BCUT2D eigenvalue weighted by atomic mass is 10.2. The van der Waals surface area contributed by atoms with Crippen LogP contribution < -0.4 is 4.74 Å². The first-order chi connectivity index (χ1) is 8.67. The van der Waals surface area contributed by atoms with Crippen molar-refractivity contribution >= 4 is 0 Å². The van der Waals surface area contributed by atoms with Gasteiger partial charge in [0.05, 0.1) is 12.7 Å². The monoisotopic (exact) mass is 250 g/mol. The average Bonchev–Trinajstić information content (AvgIpc) is 2.72. The van der Waals surface area contributed by atoms with E-state index in [4.69, 9.17) is 9.84 Å². The van der Waals surface area contributed by atoms with Gasteiger partial charge in [0.2, 0.25) is 0 Å². The summed E-state index contributed by atoms with van der Waals surface area (Å²) in [4.78, 5) is 4.26. The van der Waals surface area contributed by atoms with Crippen molar-refractivity contribution in [2.75, 3.05) is 13.7 Å². The van der Waals surface area contributed by atoms with E-state index in [0.717, 1.165) is 5.69 Å². The van der Waals surface area contributed by atoms with E-state index >= 15 is 0 Å². The number of methoxy groups -OCH3 is 1. The first-order valence-electron chi connectivity index (χ1n) is 5.62. The minimum Gasteiger partial charge on any atom is -0.496 e. The van der Waals surface area contributed by atoms with Crippen molar-refractivity contribution in [2.45, 2.75) is 6.42 Å². The van der Waals surface area contributed by atoms with E-state index in [-0.39, 0.29) is 12.4 Å². The van der Waals surface area contributed by atoms with Crippen molar-refractivity contribution < 1.29 is 14.2 Å².